The molecule has 0 saturated carbocycles. The van der Waals surface area contributed by atoms with Crippen LogP contribution in [0.25, 0.3) is 0 Å². The van der Waals surface area contributed by atoms with Crippen LogP contribution < -0.4 is 0 Å². The molecule has 0 aliphatic carbocycles. The molecule has 0 saturated heterocycles. The van der Waals surface area contributed by atoms with E-state index in [0.717, 1.165) is 4.90 Å². The summed E-state index contributed by atoms with van der Waals surface area (Å²) in [6.07, 6.45) is -0.424. The molecule has 0 aliphatic rings. The van der Waals surface area contributed by atoms with E-state index in [9.17, 15) is 19.2 Å². The molecule has 8 nitrogen and oxygen atoms in total. The molecule has 0 unspecified atom stereocenters. The van der Waals surface area contributed by atoms with Crippen molar-refractivity contribution in [3.63, 3.8) is 0 Å². The first-order valence-electron chi connectivity index (χ1n) is 4.93. The van der Waals surface area contributed by atoms with Gasteiger partial charge in [0.2, 0.25) is 11.8 Å². The van der Waals surface area contributed by atoms with Crippen molar-refractivity contribution in [3.05, 3.63) is 0 Å². The van der Waals surface area contributed by atoms with Gasteiger partial charge < -0.3 is 20.0 Å². The number of amides is 2. The van der Waals surface area contributed by atoms with Gasteiger partial charge in [0.1, 0.15) is 13.0 Å². The summed E-state index contributed by atoms with van der Waals surface area (Å²) >= 11 is 0. The Hall–Kier alpha value is -2.12. The first-order chi connectivity index (χ1) is 8.07. The van der Waals surface area contributed by atoms with E-state index in [1.54, 1.807) is 0 Å². The maximum atomic E-state index is 10.5. The quantitative estimate of drug-likeness (QED) is 0.634. The zero-order chi connectivity index (χ0) is 14.9. The van der Waals surface area contributed by atoms with Gasteiger partial charge in [-0.1, -0.05) is 0 Å². The standard InChI is InChI=1S/2C5H9NO3/c1-6(2)4(7)3-5(8)9;1-4(7)6(2)3-5(8)9/h2*3H2,1-2H3,(H,8,9). The molecule has 0 rings (SSSR count). The fourth-order valence-electron chi connectivity index (χ4n) is 0.602. The van der Waals surface area contributed by atoms with Gasteiger partial charge in [-0.2, -0.15) is 0 Å². The molecule has 0 bridgehead atoms. The minimum absolute atomic E-state index is 0.227. The number of likely N-dealkylation sites (N-methyl/N-ethyl adjacent to an activating group) is 1. The van der Waals surface area contributed by atoms with Gasteiger partial charge in [0.25, 0.3) is 0 Å². The molecule has 2 N–H and O–H groups in total. The lowest BCUT2D eigenvalue weighted by atomic mass is 10.4. The van der Waals surface area contributed by atoms with E-state index in [1.165, 1.54) is 33.0 Å². The second kappa shape index (κ2) is 8.97. The Bertz CT molecular complexity index is 326. The molecule has 2 amide bonds. The Balaban J connectivity index is 0. The van der Waals surface area contributed by atoms with Crippen molar-refractivity contribution in [2.45, 2.75) is 13.3 Å². The highest BCUT2D eigenvalue weighted by Crippen LogP contribution is 1.85. The number of rotatable bonds is 4. The Morgan fingerprint density at radius 3 is 1.50 bits per heavy atom. The Labute approximate surface area is 105 Å². The van der Waals surface area contributed by atoms with Crippen LogP contribution in [0.1, 0.15) is 13.3 Å². The molecule has 0 aromatic carbocycles. The molecular formula is C10H18N2O6. The van der Waals surface area contributed by atoms with E-state index >= 15 is 0 Å². The number of carbonyl (C=O) groups excluding carboxylic acids is 2. The fraction of sp³-hybridized carbons (Fsp3) is 0.600. The first-order valence-corrected chi connectivity index (χ1v) is 4.93. The monoisotopic (exact) mass is 262 g/mol. The summed E-state index contributed by atoms with van der Waals surface area (Å²) in [5, 5.41) is 16.2. The van der Waals surface area contributed by atoms with Gasteiger partial charge in [0.15, 0.2) is 0 Å². The summed E-state index contributed by atoms with van der Waals surface area (Å²) in [6.45, 7) is 1.10. The summed E-state index contributed by atoms with van der Waals surface area (Å²) in [4.78, 5) is 43.0. The highest BCUT2D eigenvalue weighted by Gasteiger charge is 2.07. The van der Waals surface area contributed by atoms with Gasteiger partial charge >= 0.3 is 11.9 Å². The summed E-state index contributed by atoms with van der Waals surface area (Å²) in [7, 11) is 4.48. The van der Waals surface area contributed by atoms with Gasteiger partial charge in [-0.25, -0.2) is 0 Å². The molecule has 0 fully saturated rings. The number of aliphatic carboxylic acids is 2. The predicted octanol–water partition coefficient (Wildman–Crippen LogP) is -0.901. The predicted molar refractivity (Wildman–Crippen MR) is 61.9 cm³/mol. The molecule has 0 spiro atoms. The Kier molecular flexibility index (Phi) is 9.09. The van der Waals surface area contributed by atoms with Crippen LogP contribution in [-0.4, -0.2) is 71.5 Å². The maximum absolute atomic E-state index is 10.5. The Morgan fingerprint density at radius 2 is 1.39 bits per heavy atom. The largest absolute Gasteiger partial charge is 0.481 e. The highest BCUT2D eigenvalue weighted by atomic mass is 16.4. The molecule has 0 aromatic heterocycles. The summed E-state index contributed by atoms with van der Waals surface area (Å²) in [6, 6.07) is 0. The summed E-state index contributed by atoms with van der Waals surface area (Å²) < 4.78 is 0. The van der Waals surface area contributed by atoms with Crippen LogP contribution in [0.5, 0.6) is 0 Å². The van der Waals surface area contributed by atoms with Gasteiger partial charge in [0.05, 0.1) is 0 Å². The topological polar surface area (TPSA) is 115 Å². The van der Waals surface area contributed by atoms with Crippen LogP contribution in [0.2, 0.25) is 0 Å². The molecular weight excluding hydrogens is 244 g/mol. The van der Waals surface area contributed by atoms with Crippen molar-refractivity contribution in [1.82, 2.24) is 9.80 Å². The number of carbonyl (C=O) groups is 4. The van der Waals surface area contributed by atoms with E-state index in [1.807, 2.05) is 0 Å². The zero-order valence-electron chi connectivity index (χ0n) is 10.8. The summed E-state index contributed by atoms with van der Waals surface area (Å²) in [5.41, 5.74) is 0. The van der Waals surface area contributed by atoms with Crippen molar-refractivity contribution < 1.29 is 29.4 Å². The van der Waals surface area contributed by atoms with Crippen molar-refractivity contribution in [3.8, 4) is 0 Å². The minimum atomic E-state index is -1.09. The van der Waals surface area contributed by atoms with Crippen LogP contribution in [0.4, 0.5) is 0 Å². The number of carboxylic acid groups (broad SMARTS) is 2. The maximum Gasteiger partial charge on any atom is 0.323 e. The lowest BCUT2D eigenvalue weighted by molar-refractivity contribution is -0.143. The lowest BCUT2D eigenvalue weighted by Crippen LogP contribution is -2.29. The van der Waals surface area contributed by atoms with E-state index in [2.05, 4.69) is 0 Å². The van der Waals surface area contributed by atoms with Crippen LogP contribution in [0.15, 0.2) is 0 Å². The first kappa shape index (κ1) is 18.3. The third-order valence-electron chi connectivity index (χ3n) is 1.71. The molecule has 0 radical (unpaired) electrons. The van der Waals surface area contributed by atoms with Crippen LogP contribution in [-0.2, 0) is 19.2 Å². The van der Waals surface area contributed by atoms with Gasteiger partial charge in [-0.05, 0) is 0 Å². The minimum Gasteiger partial charge on any atom is -0.481 e. The van der Waals surface area contributed by atoms with E-state index in [-0.39, 0.29) is 18.4 Å². The number of nitrogens with zero attached hydrogens (tertiary/aromatic N) is 2. The van der Waals surface area contributed by atoms with Crippen LogP contribution >= 0.6 is 0 Å². The molecule has 0 aromatic rings. The van der Waals surface area contributed by atoms with E-state index in [0.29, 0.717) is 0 Å². The smallest absolute Gasteiger partial charge is 0.323 e. The van der Waals surface area contributed by atoms with Gasteiger partial charge in [-0.3, -0.25) is 19.2 Å². The average Bonchev–Trinajstić information content (AvgIpc) is 2.16. The lowest BCUT2D eigenvalue weighted by Gasteiger charge is -2.09. The number of hydrogen-bond donors (Lipinski definition) is 2. The van der Waals surface area contributed by atoms with E-state index in [4.69, 9.17) is 10.2 Å². The zero-order valence-corrected chi connectivity index (χ0v) is 10.8. The summed E-state index contributed by atoms with van der Waals surface area (Å²) in [5.74, 6) is -2.71. The molecule has 0 heterocycles. The fourth-order valence-corrected chi connectivity index (χ4v) is 0.602. The molecule has 0 atom stereocenters. The highest BCUT2D eigenvalue weighted by molar-refractivity contribution is 5.93. The molecule has 8 heteroatoms. The SMILES string of the molecule is CC(=O)N(C)CC(=O)O.CN(C)C(=O)CC(=O)O. The third-order valence-corrected chi connectivity index (χ3v) is 1.71. The number of carboxylic acids is 2. The number of hydrogen-bond acceptors (Lipinski definition) is 4. The second-order valence-corrected chi connectivity index (χ2v) is 3.63. The van der Waals surface area contributed by atoms with Crippen LogP contribution in [0, 0.1) is 0 Å². The Morgan fingerprint density at radius 1 is 0.944 bits per heavy atom. The van der Waals surface area contributed by atoms with Crippen LogP contribution in [0.3, 0.4) is 0 Å². The van der Waals surface area contributed by atoms with Crippen molar-refractivity contribution >= 4 is 23.8 Å². The van der Waals surface area contributed by atoms with E-state index < -0.39 is 18.4 Å². The van der Waals surface area contributed by atoms with Crippen molar-refractivity contribution in [2.75, 3.05) is 27.7 Å². The molecule has 0 aliphatic heterocycles. The second-order valence-electron chi connectivity index (χ2n) is 3.63. The van der Waals surface area contributed by atoms with Gasteiger partial charge in [0, 0.05) is 28.1 Å². The van der Waals surface area contributed by atoms with Crippen molar-refractivity contribution in [2.24, 2.45) is 0 Å². The van der Waals surface area contributed by atoms with Gasteiger partial charge in [-0.15, -0.1) is 0 Å². The third kappa shape index (κ3) is 12.0. The van der Waals surface area contributed by atoms with Crippen molar-refractivity contribution in [1.29, 1.82) is 0 Å². The molecule has 104 valence electrons. The normalized spacial score (nSPS) is 8.67. The average molecular weight is 262 g/mol. The molecule has 18 heavy (non-hydrogen) atoms.